The third-order valence-electron chi connectivity index (χ3n) is 5.14. The summed E-state index contributed by atoms with van der Waals surface area (Å²) in [7, 11) is 0. The molecule has 1 fully saturated rings. The molecule has 1 aliphatic rings. The number of aryl methyl sites for hydroxylation is 1. The number of nitriles is 1. The summed E-state index contributed by atoms with van der Waals surface area (Å²) < 4.78 is 0. The van der Waals surface area contributed by atoms with Crippen LogP contribution < -0.4 is 10.2 Å². The number of hydrogen-bond donors (Lipinski definition) is 2. The molecule has 0 unspecified atom stereocenters. The van der Waals surface area contributed by atoms with E-state index in [-0.39, 0.29) is 0 Å². The maximum Gasteiger partial charge on any atom is 0.173 e. The van der Waals surface area contributed by atoms with E-state index in [1.807, 2.05) is 12.1 Å². The number of hydrogen-bond acceptors (Lipinski definition) is 2. The van der Waals surface area contributed by atoms with Gasteiger partial charge in [0.25, 0.3) is 0 Å². The van der Waals surface area contributed by atoms with Gasteiger partial charge in [-0.1, -0.05) is 24.3 Å². The highest BCUT2D eigenvalue weighted by Gasteiger charge is 2.22. The van der Waals surface area contributed by atoms with Gasteiger partial charge in [-0.25, -0.2) is 0 Å². The molecule has 0 saturated carbocycles. The van der Waals surface area contributed by atoms with Gasteiger partial charge >= 0.3 is 0 Å². The van der Waals surface area contributed by atoms with Crippen LogP contribution in [0.2, 0.25) is 0 Å². The molecule has 0 aromatic heterocycles. The van der Waals surface area contributed by atoms with Crippen LogP contribution in [0.3, 0.4) is 0 Å². The Morgan fingerprint density at radius 1 is 1.15 bits per heavy atom. The van der Waals surface area contributed by atoms with Crippen LogP contribution in [0.5, 0.6) is 0 Å². The van der Waals surface area contributed by atoms with E-state index >= 15 is 0 Å². The molecule has 0 atom stereocenters. The second-order valence-electron chi connectivity index (χ2n) is 6.90. The van der Waals surface area contributed by atoms with Crippen molar-refractivity contribution in [3.05, 3.63) is 64.7 Å². The van der Waals surface area contributed by atoms with Gasteiger partial charge in [0.1, 0.15) is 6.54 Å². The van der Waals surface area contributed by atoms with Gasteiger partial charge in [-0.2, -0.15) is 5.26 Å². The van der Waals surface area contributed by atoms with Crippen LogP contribution in [-0.4, -0.2) is 36.2 Å². The van der Waals surface area contributed by atoms with E-state index in [1.54, 1.807) is 4.90 Å². The van der Waals surface area contributed by atoms with Crippen molar-refractivity contribution in [2.75, 3.05) is 31.5 Å². The zero-order chi connectivity index (χ0) is 18.5. The molecule has 4 nitrogen and oxygen atoms in total. The largest absolute Gasteiger partial charge is 0.338 e. The quantitative estimate of drug-likeness (QED) is 0.819. The summed E-state index contributed by atoms with van der Waals surface area (Å²) in [5.41, 5.74) is 5.62. The Labute approximate surface area is 161 Å². The molecule has 2 N–H and O–H groups in total. The molecule has 0 amide bonds. The third-order valence-corrected chi connectivity index (χ3v) is 5.50. The number of thiocarbonyl (C=S) groups is 1. The van der Waals surface area contributed by atoms with Gasteiger partial charge in [0, 0.05) is 11.3 Å². The topological polar surface area (TPSA) is 43.5 Å². The van der Waals surface area contributed by atoms with Crippen molar-refractivity contribution in [2.45, 2.75) is 20.4 Å². The van der Waals surface area contributed by atoms with Gasteiger partial charge in [-0.15, -0.1) is 0 Å². The predicted molar refractivity (Wildman–Crippen MR) is 109 cm³/mol. The number of nitrogens with zero attached hydrogens (tertiary/aromatic N) is 2. The van der Waals surface area contributed by atoms with Crippen LogP contribution in [-0.2, 0) is 6.54 Å². The molecule has 134 valence electrons. The Kier molecular flexibility index (Phi) is 5.87. The van der Waals surface area contributed by atoms with Crippen LogP contribution in [0.25, 0.3) is 0 Å². The van der Waals surface area contributed by atoms with Gasteiger partial charge in [-0.05, 0) is 55.4 Å². The Hall–Kier alpha value is -2.42. The second kappa shape index (κ2) is 8.31. The number of anilines is 1. The molecule has 1 heterocycles. The molecule has 3 rings (SSSR count). The first-order chi connectivity index (χ1) is 12.6. The fraction of sp³-hybridized carbons (Fsp3) is 0.333. The van der Waals surface area contributed by atoms with Crippen molar-refractivity contribution >= 4 is 23.0 Å². The van der Waals surface area contributed by atoms with Gasteiger partial charge in [0.15, 0.2) is 5.11 Å². The van der Waals surface area contributed by atoms with E-state index in [4.69, 9.17) is 17.5 Å². The normalized spacial score (nSPS) is 14.7. The van der Waals surface area contributed by atoms with E-state index in [9.17, 15) is 0 Å². The van der Waals surface area contributed by atoms with Crippen molar-refractivity contribution < 1.29 is 4.90 Å². The fourth-order valence-corrected chi connectivity index (χ4v) is 3.56. The molecule has 5 heteroatoms. The standard InChI is InChI=1S/C21H24N4S/c1-16-4-3-5-20(17(16)2)23-21(26)25-12-10-24(11-13-25)15-19-8-6-18(14-22)7-9-19/h3-9H,10-13,15H2,1-2H3,(H,23,26)/p+1. The molecule has 0 bridgehead atoms. The van der Waals surface area contributed by atoms with Crippen LogP contribution >= 0.6 is 12.2 Å². The lowest BCUT2D eigenvalue weighted by atomic mass is 10.1. The van der Waals surface area contributed by atoms with Crippen LogP contribution in [0.15, 0.2) is 42.5 Å². The SMILES string of the molecule is Cc1cccc(NC(=S)N2CC[NH+](Cc3ccc(C#N)cc3)CC2)c1C. The Morgan fingerprint density at radius 2 is 1.85 bits per heavy atom. The lowest BCUT2D eigenvalue weighted by Crippen LogP contribution is -3.13. The molecular weight excluding hydrogens is 340 g/mol. The van der Waals surface area contributed by atoms with Gasteiger partial charge in [0.05, 0.1) is 37.8 Å². The Balaban J connectivity index is 1.52. The summed E-state index contributed by atoms with van der Waals surface area (Å²) in [5.74, 6) is 0. The fourth-order valence-electron chi connectivity index (χ4n) is 3.27. The summed E-state index contributed by atoms with van der Waals surface area (Å²) in [4.78, 5) is 3.82. The van der Waals surface area contributed by atoms with E-state index in [0.29, 0.717) is 0 Å². The summed E-state index contributed by atoms with van der Waals surface area (Å²) >= 11 is 5.63. The van der Waals surface area contributed by atoms with Crippen LogP contribution in [0, 0.1) is 25.2 Å². The highest BCUT2D eigenvalue weighted by Crippen LogP contribution is 2.18. The molecule has 0 radical (unpaired) electrons. The summed E-state index contributed by atoms with van der Waals surface area (Å²) in [6.07, 6.45) is 0. The Bertz CT molecular complexity index is 815. The summed E-state index contributed by atoms with van der Waals surface area (Å²) in [6, 6.07) is 16.3. The van der Waals surface area contributed by atoms with Gasteiger partial charge in [-0.3, -0.25) is 0 Å². The van der Waals surface area contributed by atoms with Gasteiger partial charge in [0.2, 0.25) is 0 Å². The minimum Gasteiger partial charge on any atom is -0.338 e. The van der Waals surface area contributed by atoms with E-state index in [0.717, 1.165) is 49.1 Å². The molecule has 1 saturated heterocycles. The first-order valence-corrected chi connectivity index (χ1v) is 9.42. The van der Waals surface area contributed by atoms with Crippen molar-refractivity contribution in [1.29, 1.82) is 5.26 Å². The zero-order valence-electron chi connectivity index (χ0n) is 15.4. The number of rotatable bonds is 3. The maximum atomic E-state index is 8.89. The lowest BCUT2D eigenvalue weighted by Gasteiger charge is -2.34. The average Bonchev–Trinajstić information content (AvgIpc) is 2.66. The molecule has 0 aliphatic carbocycles. The number of benzene rings is 2. The van der Waals surface area contributed by atoms with Crippen molar-refractivity contribution in [3.8, 4) is 6.07 Å². The van der Waals surface area contributed by atoms with Crippen LogP contribution in [0.4, 0.5) is 5.69 Å². The third kappa shape index (κ3) is 4.40. The molecule has 2 aromatic rings. The van der Waals surface area contributed by atoms with E-state index in [2.05, 4.69) is 60.5 Å². The smallest absolute Gasteiger partial charge is 0.173 e. The monoisotopic (exact) mass is 365 g/mol. The summed E-state index contributed by atoms with van der Waals surface area (Å²) in [6.45, 7) is 9.29. The molecular formula is C21H25N4S+. The van der Waals surface area contributed by atoms with Crippen molar-refractivity contribution in [3.63, 3.8) is 0 Å². The average molecular weight is 366 g/mol. The molecule has 26 heavy (non-hydrogen) atoms. The highest BCUT2D eigenvalue weighted by molar-refractivity contribution is 7.80. The van der Waals surface area contributed by atoms with Crippen molar-refractivity contribution in [2.24, 2.45) is 0 Å². The number of nitrogens with one attached hydrogen (secondary N) is 2. The minimum atomic E-state index is 0.719. The highest BCUT2D eigenvalue weighted by atomic mass is 32.1. The van der Waals surface area contributed by atoms with Crippen LogP contribution in [0.1, 0.15) is 22.3 Å². The Morgan fingerprint density at radius 3 is 2.50 bits per heavy atom. The number of piperazine rings is 1. The summed E-state index contributed by atoms with van der Waals surface area (Å²) in [5, 5.41) is 13.1. The van der Waals surface area contributed by atoms with Gasteiger partial charge < -0.3 is 15.1 Å². The first-order valence-electron chi connectivity index (χ1n) is 9.01. The van der Waals surface area contributed by atoms with E-state index < -0.39 is 0 Å². The molecule has 2 aromatic carbocycles. The number of quaternary nitrogens is 1. The molecule has 1 aliphatic heterocycles. The lowest BCUT2D eigenvalue weighted by molar-refractivity contribution is -0.917. The maximum absolute atomic E-state index is 8.89. The minimum absolute atomic E-state index is 0.719. The molecule has 0 spiro atoms. The zero-order valence-corrected chi connectivity index (χ0v) is 16.2. The second-order valence-corrected chi connectivity index (χ2v) is 7.29. The van der Waals surface area contributed by atoms with E-state index in [1.165, 1.54) is 16.7 Å². The van der Waals surface area contributed by atoms with Crippen molar-refractivity contribution in [1.82, 2.24) is 4.90 Å². The predicted octanol–water partition coefficient (Wildman–Crippen LogP) is 2.27. The first kappa shape index (κ1) is 18.4.